The molecule has 0 aliphatic heterocycles. The zero-order valence-electron chi connectivity index (χ0n) is 13.1. The van der Waals surface area contributed by atoms with Crippen LogP contribution in [-0.2, 0) is 6.42 Å². The quantitative estimate of drug-likeness (QED) is 0.832. The normalized spacial score (nSPS) is 11.4. The average molecular weight is 274 g/mol. The highest BCUT2D eigenvalue weighted by Gasteiger charge is 2.11. The molecule has 0 aliphatic rings. The van der Waals surface area contributed by atoms with Gasteiger partial charge in [-0.05, 0) is 56.6 Å². The summed E-state index contributed by atoms with van der Waals surface area (Å²) in [4.78, 5) is 5.99. The Hall–Kier alpha value is -1.48. The van der Waals surface area contributed by atoms with Crippen LogP contribution in [0.5, 0.6) is 5.75 Å². The van der Waals surface area contributed by atoms with E-state index in [4.69, 9.17) is 4.74 Å². The van der Waals surface area contributed by atoms with Crippen LogP contribution in [-0.4, -0.2) is 36.6 Å². The van der Waals surface area contributed by atoms with Crippen LogP contribution in [0, 0.1) is 6.92 Å². The van der Waals surface area contributed by atoms with Crippen LogP contribution < -0.4 is 4.74 Å². The molecule has 1 N–H and O–H groups in total. The third-order valence-corrected chi connectivity index (χ3v) is 3.99. The van der Waals surface area contributed by atoms with Crippen LogP contribution in [0.1, 0.15) is 31.5 Å². The molecule has 0 atom stereocenters. The molecule has 0 fully saturated rings. The van der Waals surface area contributed by atoms with E-state index >= 15 is 0 Å². The molecule has 1 heterocycles. The summed E-state index contributed by atoms with van der Waals surface area (Å²) >= 11 is 0. The van der Waals surface area contributed by atoms with Crippen molar-refractivity contribution in [3.8, 4) is 5.75 Å². The lowest BCUT2D eigenvalue weighted by molar-refractivity contribution is 0.292. The number of rotatable bonds is 7. The summed E-state index contributed by atoms with van der Waals surface area (Å²) in [6.45, 7) is 10.1. The number of aryl methyl sites for hydroxylation is 1. The van der Waals surface area contributed by atoms with Gasteiger partial charge in [0.15, 0.2) is 0 Å². The number of H-pyrrole nitrogens is 1. The molecule has 0 bridgehead atoms. The van der Waals surface area contributed by atoms with Crippen molar-refractivity contribution in [2.24, 2.45) is 0 Å². The molecule has 3 nitrogen and oxygen atoms in total. The number of benzene rings is 1. The first-order chi connectivity index (χ1) is 9.69. The number of methoxy groups -OCH3 is 1. The second kappa shape index (κ2) is 6.80. The molecule has 0 amide bonds. The predicted octanol–water partition coefficient (Wildman–Crippen LogP) is 3.76. The highest BCUT2D eigenvalue weighted by atomic mass is 16.5. The lowest BCUT2D eigenvalue weighted by atomic mass is 10.1. The predicted molar refractivity (Wildman–Crippen MR) is 85.7 cm³/mol. The van der Waals surface area contributed by atoms with Crippen LogP contribution in [0.25, 0.3) is 10.9 Å². The summed E-state index contributed by atoms with van der Waals surface area (Å²) in [5.74, 6) is 0.929. The van der Waals surface area contributed by atoms with Crippen molar-refractivity contribution in [3.63, 3.8) is 0 Å². The molecule has 0 saturated carbocycles. The summed E-state index contributed by atoms with van der Waals surface area (Å²) < 4.78 is 5.35. The van der Waals surface area contributed by atoms with Crippen molar-refractivity contribution in [2.45, 2.75) is 33.6 Å². The van der Waals surface area contributed by atoms with Gasteiger partial charge in [-0.1, -0.05) is 13.8 Å². The largest absolute Gasteiger partial charge is 0.497 e. The lowest BCUT2D eigenvalue weighted by Crippen LogP contribution is -2.26. The Labute approximate surface area is 121 Å². The van der Waals surface area contributed by atoms with Gasteiger partial charge in [0.1, 0.15) is 5.75 Å². The van der Waals surface area contributed by atoms with E-state index in [1.165, 1.54) is 35.1 Å². The van der Waals surface area contributed by atoms with Crippen LogP contribution in [0.15, 0.2) is 18.2 Å². The summed E-state index contributed by atoms with van der Waals surface area (Å²) in [5, 5.41) is 1.30. The third kappa shape index (κ3) is 3.15. The van der Waals surface area contributed by atoms with E-state index in [2.05, 4.69) is 42.8 Å². The van der Waals surface area contributed by atoms with Crippen LogP contribution in [0.4, 0.5) is 0 Å². The van der Waals surface area contributed by atoms with Crippen molar-refractivity contribution in [2.75, 3.05) is 26.7 Å². The topological polar surface area (TPSA) is 28.3 Å². The van der Waals surface area contributed by atoms with Crippen LogP contribution >= 0.6 is 0 Å². The van der Waals surface area contributed by atoms with Gasteiger partial charge >= 0.3 is 0 Å². The Balaban J connectivity index is 2.22. The maximum Gasteiger partial charge on any atom is 0.119 e. The van der Waals surface area contributed by atoms with Gasteiger partial charge in [-0.2, -0.15) is 0 Å². The molecular weight excluding hydrogens is 248 g/mol. The van der Waals surface area contributed by atoms with E-state index in [9.17, 15) is 0 Å². The van der Waals surface area contributed by atoms with E-state index in [1.54, 1.807) is 7.11 Å². The van der Waals surface area contributed by atoms with Crippen molar-refractivity contribution in [3.05, 3.63) is 29.5 Å². The molecule has 110 valence electrons. The maximum absolute atomic E-state index is 5.35. The fourth-order valence-corrected chi connectivity index (χ4v) is 2.82. The number of nitrogens with one attached hydrogen (secondary N) is 1. The average Bonchev–Trinajstić information content (AvgIpc) is 2.78. The first kappa shape index (κ1) is 14.9. The smallest absolute Gasteiger partial charge is 0.119 e. The van der Waals surface area contributed by atoms with Crippen LogP contribution in [0.2, 0.25) is 0 Å². The second-order valence-corrected chi connectivity index (χ2v) is 5.32. The lowest BCUT2D eigenvalue weighted by Gasteiger charge is -2.19. The molecule has 0 spiro atoms. The zero-order valence-corrected chi connectivity index (χ0v) is 13.1. The number of ether oxygens (including phenoxy) is 1. The van der Waals surface area contributed by atoms with Gasteiger partial charge in [0, 0.05) is 23.1 Å². The van der Waals surface area contributed by atoms with Gasteiger partial charge in [-0.15, -0.1) is 0 Å². The van der Waals surface area contributed by atoms with Gasteiger partial charge in [0.25, 0.3) is 0 Å². The monoisotopic (exact) mass is 274 g/mol. The highest BCUT2D eigenvalue weighted by Crippen LogP contribution is 2.26. The van der Waals surface area contributed by atoms with E-state index in [0.29, 0.717) is 0 Å². The van der Waals surface area contributed by atoms with Crippen molar-refractivity contribution in [1.82, 2.24) is 9.88 Å². The number of nitrogens with zero attached hydrogens (tertiary/aromatic N) is 1. The first-order valence-corrected chi connectivity index (χ1v) is 7.57. The van der Waals surface area contributed by atoms with E-state index in [0.717, 1.165) is 25.3 Å². The fourth-order valence-electron chi connectivity index (χ4n) is 2.82. The number of aromatic amines is 1. The van der Waals surface area contributed by atoms with Crippen molar-refractivity contribution >= 4 is 10.9 Å². The minimum atomic E-state index is 0.929. The standard InChI is InChI=1S/C17H26N2O/c1-5-10-19(6-2)11-9-15-13(3)18-17-8-7-14(20-4)12-16(15)17/h7-8,12,18H,5-6,9-11H2,1-4H3. The van der Waals surface area contributed by atoms with E-state index in [-0.39, 0.29) is 0 Å². The molecule has 0 unspecified atom stereocenters. The Bertz CT molecular complexity index is 559. The molecule has 0 radical (unpaired) electrons. The van der Waals surface area contributed by atoms with Gasteiger partial charge in [0.05, 0.1) is 7.11 Å². The first-order valence-electron chi connectivity index (χ1n) is 7.57. The van der Waals surface area contributed by atoms with Crippen LogP contribution in [0.3, 0.4) is 0 Å². The Morgan fingerprint density at radius 1 is 1.20 bits per heavy atom. The minimum Gasteiger partial charge on any atom is -0.497 e. The third-order valence-electron chi connectivity index (χ3n) is 3.99. The van der Waals surface area contributed by atoms with E-state index < -0.39 is 0 Å². The summed E-state index contributed by atoms with van der Waals surface area (Å²) in [5.41, 5.74) is 3.91. The molecule has 20 heavy (non-hydrogen) atoms. The summed E-state index contributed by atoms with van der Waals surface area (Å²) in [6, 6.07) is 6.26. The van der Waals surface area contributed by atoms with Gasteiger partial charge in [-0.25, -0.2) is 0 Å². The number of hydrogen-bond donors (Lipinski definition) is 1. The molecule has 3 heteroatoms. The molecular formula is C17H26N2O. The second-order valence-electron chi connectivity index (χ2n) is 5.32. The molecule has 1 aromatic carbocycles. The van der Waals surface area contributed by atoms with Gasteiger partial charge < -0.3 is 14.6 Å². The Morgan fingerprint density at radius 2 is 2.00 bits per heavy atom. The molecule has 2 aromatic rings. The van der Waals surface area contributed by atoms with Crippen molar-refractivity contribution in [1.29, 1.82) is 0 Å². The molecule has 0 saturated heterocycles. The molecule has 0 aliphatic carbocycles. The number of hydrogen-bond acceptors (Lipinski definition) is 2. The molecule has 2 rings (SSSR count). The molecule has 1 aromatic heterocycles. The van der Waals surface area contributed by atoms with Crippen molar-refractivity contribution < 1.29 is 4.74 Å². The SMILES string of the molecule is CCCN(CC)CCc1c(C)[nH]c2ccc(OC)cc12. The zero-order chi connectivity index (χ0) is 14.5. The maximum atomic E-state index is 5.35. The number of aromatic nitrogens is 1. The van der Waals surface area contributed by atoms with Gasteiger partial charge in [0.2, 0.25) is 0 Å². The van der Waals surface area contributed by atoms with E-state index in [1.807, 2.05) is 6.07 Å². The number of likely N-dealkylation sites (N-methyl/N-ethyl adjacent to an activating group) is 1. The Morgan fingerprint density at radius 3 is 2.65 bits per heavy atom. The summed E-state index contributed by atoms with van der Waals surface area (Å²) in [6.07, 6.45) is 2.31. The summed E-state index contributed by atoms with van der Waals surface area (Å²) in [7, 11) is 1.72. The minimum absolute atomic E-state index is 0.929. The highest BCUT2D eigenvalue weighted by molar-refractivity contribution is 5.86. The number of fused-ring (bicyclic) bond motifs is 1. The van der Waals surface area contributed by atoms with Gasteiger partial charge in [-0.3, -0.25) is 0 Å². The Kier molecular flexibility index (Phi) is 5.07. The fraction of sp³-hybridized carbons (Fsp3) is 0.529.